The number of ether oxygens (including phenoxy) is 4. The second-order valence-corrected chi connectivity index (χ2v) is 7.61. The highest BCUT2D eigenvalue weighted by molar-refractivity contribution is 6.33. The number of hydrogen-bond donors (Lipinski definition) is 1. The van der Waals surface area contributed by atoms with Crippen molar-refractivity contribution in [1.82, 2.24) is 5.06 Å². The van der Waals surface area contributed by atoms with Crippen LogP contribution in [0.1, 0.15) is 12.5 Å². The molecule has 0 unspecified atom stereocenters. The lowest BCUT2D eigenvalue weighted by molar-refractivity contribution is -0.114. The summed E-state index contributed by atoms with van der Waals surface area (Å²) >= 11 is 6.45. The summed E-state index contributed by atoms with van der Waals surface area (Å²) in [6, 6.07) is 10.6. The number of fused-ring (bicyclic) bond motifs is 1. The Labute approximate surface area is 201 Å². The molecule has 9 nitrogen and oxygen atoms in total. The number of amidine groups is 2. The highest BCUT2D eigenvalue weighted by Crippen LogP contribution is 2.37. The van der Waals surface area contributed by atoms with Gasteiger partial charge in [-0.25, -0.2) is 0 Å². The Hall–Kier alpha value is -3.98. The maximum atomic E-state index is 12.5. The molecule has 0 bridgehead atoms. The van der Waals surface area contributed by atoms with Gasteiger partial charge in [-0.3, -0.25) is 10.2 Å². The highest BCUT2D eigenvalue weighted by atomic mass is 35.5. The van der Waals surface area contributed by atoms with Crippen LogP contribution in [0.25, 0.3) is 6.08 Å². The van der Waals surface area contributed by atoms with Crippen LogP contribution in [0.2, 0.25) is 5.02 Å². The maximum absolute atomic E-state index is 12.5. The van der Waals surface area contributed by atoms with Gasteiger partial charge in [0.15, 0.2) is 34.7 Å². The monoisotopic (exact) mass is 483 g/mol. The van der Waals surface area contributed by atoms with Crippen molar-refractivity contribution in [3.8, 4) is 23.0 Å². The average molecular weight is 484 g/mol. The van der Waals surface area contributed by atoms with Gasteiger partial charge in [-0.15, -0.1) is 5.06 Å². The van der Waals surface area contributed by atoms with Crippen molar-refractivity contribution in [2.24, 2.45) is 4.99 Å². The summed E-state index contributed by atoms with van der Waals surface area (Å²) < 4.78 is 22.2. The molecule has 34 heavy (non-hydrogen) atoms. The zero-order valence-electron chi connectivity index (χ0n) is 18.8. The molecule has 0 saturated carbocycles. The topological polar surface area (TPSA) is 103 Å². The lowest BCUT2D eigenvalue weighted by Gasteiger charge is -2.23. The van der Waals surface area contributed by atoms with Gasteiger partial charge >= 0.3 is 0 Å². The minimum Gasteiger partial charge on any atom is -0.493 e. The number of para-hydroxylation sites is 2. The van der Waals surface area contributed by atoms with Crippen LogP contribution in [0.15, 0.2) is 58.8 Å². The second-order valence-electron chi connectivity index (χ2n) is 7.20. The molecule has 2 aromatic rings. The molecule has 2 aliphatic rings. The number of halogens is 1. The molecule has 0 saturated heterocycles. The lowest BCUT2D eigenvalue weighted by Crippen LogP contribution is -2.38. The molecule has 0 fully saturated rings. The number of carbonyl (C=O) groups excluding carboxylic acids is 1. The SMILES string of the molecule is COc1ccccc1OCCOc1c(Cl)cc(/C=C2\C(=N)N3OC(C)=CC3=NC2=O)cc1OC. The predicted molar refractivity (Wildman–Crippen MR) is 127 cm³/mol. The normalized spacial score (nSPS) is 16.0. The highest BCUT2D eigenvalue weighted by Gasteiger charge is 2.34. The van der Waals surface area contributed by atoms with Gasteiger partial charge in [0.1, 0.15) is 19.0 Å². The van der Waals surface area contributed by atoms with E-state index in [1.165, 1.54) is 18.2 Å². The van der Waals surface area contributed by atoms with E-state index in [4.69, 9.17) is 40.8 Å². The van der Waals surface area contributed by atoms with Crippen molar-refractivity contribution < 1.29 is 28.6 Å². The van der Waals surface area contributed by atoms with Crippen LogP contribution in [-0.4, -0.2) is 50.1 Å². The van der Waals surface area contributed by atoms with Crippen LogP contribution in [-0.2, 0) is 9.63 Å². The summed E-state index contributed by atoms with van der Waals surface area (Å²) in [4.78, 5) is 21.9. The smallest absolute Gasteiger partial charge is 0.282 e. The van der Waals surface area contributed by atoms with Gasteiger partial charge in [0.05, 0.1) is 24.8 Å². The maximum Gasteiger partial charge on any atom is 0.282 e. The molecule has 0 spiro atoms. The summed E-state index contributed by atoms with van der Waals surface area (Å²) in [6.45, 7) is 2.17. The fraction of sp³-hybridized carbons (Fsp3) is 0.208. The van der Waals surface area contributed by atoms with Crippen LogP contribution >= 0.6 is 11.6 Å². The molecule has 1 N–H and O–H groups in total. The number of benzene rings is 2. The molecule has 1 amide bonds. The van der Waals surface area contributed by atoms with Crippen LogP contribution in [0.3, 0.4) is 0 Å². The Morgan fingerprint density at radius 3 is 2.53 bits per heavy atom. The van der Waals surface area contributed by atoms with Crippen LogP contribution in [0.5, 0.6) is 23.0 Å². The van der Waals surface area contributed by atoms with E-state index in [2.05, 4.69) is 4.99 Å². The van der Waals surface area contributed by atoms with Crippen molar-refractivity contribution in [2.75, 3.05) is 27.4 Å². The number of amides is 1. The van der Waals surface area contributed by atoms with Gasteiger partial charge in [0, 0.05) is 6.08 Å². The summed E-state index contributed by atoms with van der Waals surface area (Å²) in [6.07, 6.45) is 3.10. The molecule has 176 valence electrons. The van der Waals surface area contributed by atoms with Crippen molar-refractivity contribution in [3.63, 3.8) is 0 Å². The number of carbonyl (C=O) groups is 1. The van der Waals surface area contributed by atoms with Gasteiger partial charge in [-0.05, 0) is 42.8 Å². The van der Waals surface area contributed by atoms with Gasteiger partial charge in [0.25, 0.3) is 5.91 Å². The van der Waals surface area contributed by atoms with Crippen LogP contribution < -0.4 is 18.9 Å². The zero-order chi connectivity index (χ0) is 24.2. The number of hydroxylamine groups is 2. The molecular formula is C24H22ClN3O6. The van der Waals surface area contributed by atoms with E-state index < -0.39 is 5.91 Å². The number of methoxy groups -OCH3 is 2. The van der Waals surface area contributed by atoms with E-state index in [-0.39, 0.29) is 35.5 Å². The largest absolute Gasteiger partial charge is 0.493 e. The number of allylic oxidation sites excluding steroid dienone is 1. The number of nitrogens with zero attached hydrogens (tertiary/aromatic N) is 2. The first-order valence-electron chi connectivity index (χ1n) is 10.3. The van der Waals surface area contributed by atoms with Crippen molar-refractivity contribution in [2.45, 2.75) is 6.92 Å². The fourth-order valence-electron chi connectivity index (χ4n) is 3.36. The first kappa shape index (κ1) is 23.2. The minimum absolute atomic E-state index is 0.0591. The van der Waals surface area contributed by atoms with E-state index in [9.17, 15) is 4.79 Å². The van der Waals surface area contributed by atoms with Crippen LogP contribution in [0.4, 0.5) is 0 Å². The fourth-order valence-corrected chi connectivity index (χ4v) is 3.64. The van der Waals surface area contributed by atoms with E-state index in [1.54, 1.807) is 44.4 Å². The van der Waals surface area contributed by atoms with E-state index in [0.29, 0.717) is 34.3 Å². The zero-order valence-corrected chi connectivity index (χ0v) is 19.5. The summed E-state index contributed by atoms with van der Waals surface area (Å²) in [5, 5.41) is 9.81. The van der Waals surface area contributed by atoms with Crippen LogP contribution in [0, 0.1) is 5.41 Å². The Kier molecular flexibility index (Phi) is 6.74. The molecule has 0 radical (unpaired) electrons. The molecule has 4 rings (SSSR count). The Bertz CT molecular complexity index is 1240. The first-order chi connectivity index (χ1) is 16.4. The molecule has 0 aromatic heterocycles. The Morgan fingerprint density at radius 2 is 1.79 bits per heavy atom. The van der Waals surface area contributed by atoms with Gasteiger partial charge in [0.2, 0.25) is 0 Å². The number of hydrogen-bond acceptors (Lipinski definition) is 7. The average Bonchev–Trinajstić information content (AvgIpc) is 3.20. The standard InChI is InChI=1S/C24H22ClN3O6/c1-14-10-21-27-24(29)16(23(26)28(21)34-14)11-15-12-17(25)22(20(13-15)31-3)33-9-8-32-19-7-5-4-6-18(19)30-2/h4-7,10-13,26H,8-9H2,1-3H3/b16-11+,26-23?. The number of nitrogens with one attached hydrogen (secondary N) is 1. The van der Waals surface area contributed by atoms with Gasteiger partial charge in [-0.1, -0.05) is 23.7 Å². The van der Waals surface area contributed by atoms with E-state index in [1.807, 2.05) is 12.1 Å². The first-order valence-corrected chi connectivity index (χ1v) is 10.6. The Morgan fingerprint density at radius 1 is 1.09 bits per heavy atom. The summed E-state index contributed by atoms with van der Waals surface area (Å²) in [7, 11) is 3.06. The molecular weight excluding hydrogens is 462 g/mol. The molecule has 2 aliphatic heterocycles. The quantitative estimate of drug-likeness (QED) is 0.442. The second kappa shape index (κ2) is 9.88. The van der Waals surface area contributed by atoms with Gasteiger partial charge in [-0.2, -0.15) is 4.99 Å². The molecule has 2 heterocycles. The summed E-state index contributed by atoms with van der Waals surface area (Å²) in [5.74, 6) is 2.08. The van der Waals surface area contributed by atoms with Gasteiger partial charge < -0.3 is 23.8 Å². The molecule has 2 aromatic carbocycles. The minimum atomic E-state index is -0.547. The third kappa shape index (κ3) is 4.69. The van der Waals surface area contributed by atoms with E-state index >= 15 is 0 Å². The molecule has 10 heteroatoms. The summed E-state index contributed by atoms with van der Waals surface area (Å²) in [5.41, 5.74) is 0.596. The predicted octanol–water partition coefficient (Wildman–Crippen LogP) is 4.27. The van der Waals surface area contributed by atoms with Crippen molar-refractivity contribution in [1.29, 1.82) is 5.41 Å². The van der Waals surface area contributed by atoms with E-state index in [0.717, 1.165) is 0 Å². The Balaban J connectivity index is 1.48. The number of aliphatic imine (C=N–C) groups is 1. The van der Waals surface area contributed by atoms with Crippen molar-refractivity contribution >= 4 is 35.3 Å². The third-order valence-corrected chi connectivity index (χ3v) is 5.18. The molecule has 0 aliphatic carbocycles. The number of rotatable bonds is 8. The molecule has 0 atom stereocenters. The van der Waals surface area contributed by atoms with Crippen molar-refractivity contribution in [3.05, 3.63) is 64.4 Å². The third-order valence-electron chi connectivity index (χ3n) is 4.90. The lowest BCUT2D eigenvalue weighted by atomic mass is 10.1.